The lowest BCUT2D eigenvalue weighted by molar-refractivity contribution is -0.170. The van der Waals surface area contributed by atoms with E-state index in [0.29, 0.717) is 19.6 Å². The molecule has 1 saturated carbocycles. The van der Waals surface area contributed by atoms with Crippen LogP contribution in [-0.4, -0.2) is 36.2 Å². The van der Waals surface area contributed by atoms with Crippen molar-refractivity contribution in [2.45, 2.75) is 71.1 Å². The molecule has 0 aromatic rings. The van der Waals surface area contributed by atoms with Crippen LogP contribution in [0.2, 0.25) is 0 Å². The Morgan fingerprint density at radius 1 is 1.35 bits per heavy atom. The Bertz CT molecular complexity index is 353. The van der Waals surface area contributed by atoms with Crippen LogP contribution in [0.3, 0.4) is 0 Å². The highest BCUT2D eigenvalue weighted by molar-refractivity contribution is 5.88. The van der Waals surface area contributed by atoms with E-state index in [-0.39, 0.29) is 23.0 Å². The molecule has 0 saturated heterocycles. The van der Waals surface area contributed by atoms with Gasteiger partial charge in [0, 0.05) is 30.5 Å². The molecule has 1 rings (SSSR count). The van der Waals surface area contributed by atoms with Crippen LogP contribution in [0.5, 0.6) is 0 Å². The molecule has 0 heterocycles. The van der Waals surface area contributed by atoms with E-state index in [1.54, 1.807) is 0 Å². The van der Waals surface area contributed by atoms with E-state index in [1.807, 2.05) is 34.6 Å². The van der Waals surface area contributed by atoms with Gasteiger partial charge in [-0.3, -0.25) is 4.79 Å². The second kappa shape index (κ2) is 6.00. The zero-order chi connectivity index (χ0) is 15.6. The van der Waals surface area contributed by atoms with Crippen molar-refractivity contribution in [3.63, 3.8) is 0 Å². The van der Waals surface area contributed by atoms with Gasteiger partial charge in [0.15, 0.2) is 0 Å². The van der Waals surface area contributed by atoms with Gasteiger partial charge in [-0.1, -0.05) is 27.7 Å². The maximum atomic E-state index is 12.4. The Balaban J connectivity index is 2.65. The van der Waals surface area contributed by atoms with Crippen LogP contribution in [0.15, 0.2) is 0 Å². The zero-order valence-corrected chi connectivity index (χ0v) is 13.6. The molecule has 1 fully saturated rings. The maximum Gasteiger partial charge on any atom is 0.240 e. The molecule has 5 nitrogen and oxygen atoms in total. The number of hydrogen-bond acceptors (Lipinski definition) is 4. The lowest BCUT2D eigenvalue weighted by Crippen LogP contribution is -2.76. The molecule has 0 aromatic heterocycles. The van der Waals surface area contributed by atoms with Gasteiger partial charge in [0.1, 0.15) is 5.54 Å². The van der Waals surface area contributed by atoms with Crippen LogP contribution in [0.25, 0.3) is 0 Å². The Kier molecular flexibility index (Phi) is 5.22. The fraction of sp³-hybridized carbons (Fsp3) is 0.933. The van der Waals surface area contributed by atoms with Crippen LogP contribution in [-0.2, 0) is 9.53 Å². The van der Waals surface area contributed by atoms with E-state index in [2.05, 4.69) is 5.32 Å². The monoisotopic (exact) mass is 285 g/mol. The summed E-state index contributed by atoms with van der Waals surface area (Å²) in [7, 11) is 0. The van der Waals surface area contributed by atoms with Gasteiger partial charge in [-0.15, -0.1) is 0 Å². The average molecular weight is 285 g/mol. The minimum absolute atomic E-state index is 0.0447. The molecule has 0 spiro atoms. The number of carbonyl (C=O) groups excluding carboxylic acids is 1. The molecule has 0 aliphatic heterocycles. The highest BCUT2D eigenvalue weighted by Crippen LogP contribution is 2.49. The summed E-state index contributed by atoms with van der Waals surface area (Å²) in [6, 6.07) is 0. The van der Waals surface area contributed by atoms with Gasteiger partial charge in [-0.25, -0.2) is 0 Å². The molecule has 0 bridgehead atoms. The molecule has 20 heavy (non-hydrogen) atoms. The predicted molar refractivity (Wildman–Crippen MR) is 81.2 cm³/mol. The first-order chi connectivity index (χ1) is 9.16. The van der Waals surface area contributed by atoms with Crippen LogP contribution < -0.4 is 16.8 Å². The standard InChI is InChI=1S/C15H31N3O2/c1-6-14(16,7-2)10-18-12(19)15(17)9-11(20-8-3)13(15,4)5/h11H,6-10,16-17H2,1-5H3,(H,18,19). The normalized spacial score (nSPS) is 28.9. The molecular weight excluding hydrogens is 254 g/mol. The summed E-state index contributed by atoms with van der Waals surface area (Å²) >= 11 is 0. The van der Waals surface area contributed by atoms with Crippen molar-refractivity contribution >= 4 is 5.91 Å². The minimum Gasteiger partial charge on any atom is -0.378 e. The van der Waals surface area contributed by atoms with Gasteiger partial charge >= 0.3 is 0 Å². The summed E-state index contributed by atoms with van der Waals surface area (Å²) in [6.07, 6.45) is 2.26. The van der Waals surface area contributed by atoms with E-state index in [0.717, 1.165) is 12.8 Å². The summed E-state index contributed by atoms with van der Waals surface area (Å²) in [5.41, 5.74) is 11.0. The van der Waals surface area contributed by atoms with Gasteiger partial charge in [0.25, 0.3) is 0 Å². The van der Waals surface area contributed by atoms with E-state index in [4.69, 9.17) is 16.2 Å². The van der Waals surface area contributed by atoms with Crippen molar-refractivity contribution in [3.8, 4) is 0 Å². The third kappa shape index (κ3) is 2.85. The van der Waals surface area contributed by atoms with Crippen molar-refractivity contribution in [1.82, 2.24) is 5.32 Å². The molecule has 5 heteroatoms. The number of hydrogen-bond donors (Lipinski definition) is 3. The Morgan fingerprint density at radius 2 is 1.90 bits per heavy atom. The smallest absolute Gasteiger partial charge is 0.240 e. The summed E-state index contributed by atoms with van der Waals surface area (Å²) in [5.74, 6) is -0.116. The Labute approximate surface area is 122 Å². The molecule has 0 radical (unpaired) electrons. The summed E-state index contributed by atoms with van der Waals surface area (Å²) in [5, 5.41) is 2.94. The average Bonchev–Trinajstić information content (AvgIpc) is 2.43. The van der Waals surface area contributed by atoms with Crippen molar-refractivity contribution in [2.24, 2.45) is 16.9 Å². The fourth-order valence-electron chi connectivity index (χ4n) is 2.73. The molecule has 1 aliphatic rings. The number of amides is 1. The SMILES string of the molecule is CCOC1CC(N)(C(=O)NCC(N)(CC)CC)C1(C)C. The van der Waals surface area contributed by atoms with Crippen LogP contribution in [0.4, 0.5) is 0 Å². The molecule has 0 aromatic carbocycles. The summed E-state index contributed by atoms with van der Waals surface area (Å²) < 4.78 is 5.64. The van der Waals surface area contributed by atoms with E-state index in [9.17, 15) is 4.79 Å². The lowest BCUT2D eigenvalue weighted by Gasteiger charge is -2.57. The van der Waals surface area contributed by atoms with Crippen LogP contribution in [0.1, 0.15) is 53.9 Å². The van der Waals surface area contributed by atoms with Crippen molar-refractivity contribution in [2.75, 3.05) is 13.2 Å². The topological polar surface area (TPSA) is 90.4 Å². The lowest BCUT2D eigenvalue weighted by atomic mass is 9.54. The first kappa shape index (κ1) is 17.4. The quantitative estimate of drug-likeness (QED) is 0.654. The molecule has 1 amide bonds. The second-order valence-electron chi connectivity index (χ2n) is 6.59. The predicted octanol–water partition coefficient (Wildman–Crippen LogP) is 1.15. The van der Waals surface area contributed by atoms with Gasteiger partial charge in [-0.2, -0.15) is 0 Å². The molecule has 2 atom stereocenters. The Morgan fingerprint density at radius 3 is 2.30 bits per heavy atom. The number of carbonyl (C=O) groups is 1. The van der Waals surface area contributed by atoms with Crippen molar-refractivity contribution in [3.05, 3.63) is 0 Å². The second-order valence-corrected chi connectivity index (χ2v) is 6.59. The van der Waals surface area contributed by atoms with Crippen LogP contribution >= 0.6 is 0 Å². The first-order valence-corrected chi connectivity index (χ1v) is 7.64. The van der Waals surface area contributed by atoms with Crippen LogP contribution in [0, 0.1) is 5.41 Å². The number of nitrogens with one attached hydrogen (secondary N) is 1. The number of nitrogens with two attached hydrogens (primary N) is 2. The van der Waals surface area contributed by atoms with E-state index >= 15 is 0 Å². The molecule has 5 N–H and O–H groups in total. The van der Waals surface area contributed by atoms with E-state index < -0.39 is 5.54 Å². The molecule has 2 unspecified atom stereocenters. The van der Waals surface area contributed by atoms with Gasteiger partial charge in [0.2, 0.25) is 5.91 Å². The number of rotatable bonds is 7. The summed E-state index contributed by atoms with van der Waals surface area (Å²) in [4.78, 5) is 12.4. The van der Waals surface area contributed by atoms with Crippen molar-refractivity contribution in [1.29, 1.82) is 0 Å². The summed E-state index contributed by atoms with van der Waals surface area (Å²) in [6.45, 7) is 11.1. The molecular formula is C15H31N3O2. The van der Waals surface area contributed by atoms with Gasteiger partial charge in [0.05, 0.1) is 6.10 Å². The van der Waals surface area contributed by atoms with Crippen molar-refractivity contribution < 1.29 is 9.53 Å². The van der Waals surface area contributed by atoms with Gasteiger partial charge in [-0.05, 0) is 19.8 Å². The highest BCUT2D eigenvalue weighted by Gasteiger charge is 2.62. The molecule has 1 aliphatic carbocycles. The largest absolute Gasteiger partial charge is 0.378 e. The fourth-order valence-corrected chi connectivity index (χ4v) is 2.73. The van der Waals surface area contributed by atoms with Gasteiger partial charge < -0.3 is 21.5 Å². The maximum absolute atomic E-state index is 12.4. The molecule has 118 valence electrons. The Hall–Kier alpha value is -0.650. The third-order valence-electron chi connectivity index (χ3n) is 5.24. The highest BCUT2D eigenvalue weighted by atomic mass is 16.5. The third-order valence-corrected chi connectivity index (χ3v) is 5.24. The minimum atomic E-state index is -0.866. The van der Waals surface area contributed by atoms with E-state index in [1.165, 1.54) is 0 Å². The first-order valence-electron chi connectivity index (χ1n) is 7.64. The zero-order valence-electron chi connectivity index (χ0n) is 13.6. The number of ether oxygens (including phenoxy) is 1.